The molecule has 1 aliphatic heterocycles. The summed E-state index contributed by atoms with van der Waals surface area (Å²) in [7, 11) is 2.17. The van der Waals surface area contributed by atoms with Crippen molar-refractivity contribution in [2.24, 2.45) is 0 Å². The maximum absolute atomic E-state index is 12.2. The summed E-state index contributed by atoms with van der Waals surface area (Å²) in [6.07, 6.45) is 2.88. The summed E-state index contributed by atoms with van der Waals surface area (Å²) in [5.74, 6) is 0. The van der Waals surface area contributed by atoms with Crippen LogP contribution in [0, 0.1) is 0 Å². The molecule has 1 heterocycles. The van der Waals surface area contributed by atoms with Gasteiger partial charge in [0.1, 0.15) is 5.60 Å². The van der Waals surface area contributed by atoms with Gasteiger partial charge < -0.3 is 25.0 Å². The van der Waals surface area contributed by atoms with Crippen LogP contribution in [0.15, 0.2) is 0 Å². The molecule has 1 amide bonds. The molecule has 6 heteroatoms. The van der Waals surface area contributed by atoms with Crippen molar-refractivity contribution in [1.29, 1.82) is 0 Å². The van der Waals surface area contributed by atoms with Gasteiger partial charge in [-0.25, -0.2) is 4.79 Å². The van der Waals surface area contributed by atoms with Crippen LogP contribution in [0.4, 0.5) is 4.79 Å². The minimum Gasteiger partial charge on any atom is -0.444 e. The highest BCUT2D eigenvalue weighted by Crippen LogP contribution is 2.14. The lowest BCUT2D eigenvalue weighted by Crippen LogP contribution is -2.46. The molecule has 0 aromatic rings. The summed E-state index contributed by atoms with van der Waals surface area (Å²) in [5.41, 5.74) is -0.522. The van der Waals surface area contributed by atoms with Crippen LogP contribution in [0.1, 0.15) is 47.0 Å². The summed E-state index contributed by atoms with van der Waals surface area (Å²) >= 11 is 0. The van der Waals surface area contributed by atoms with E-state index >= 15 is 0 Å². The molecular formula is C17H35N3O3. The third-order valence-electron chi connectivity index (χ3n) is 4.00. The van der Waals surface area contributed by atoms with Crippen molar-refractivity contribution in [2.75, 3.05) is 39.8 Å². The maximum atomic E-state index is 12.2. The van der Waals surface area contributed by atoms with Gasteiger partial charge in [0, 0.05) is 32.2 Å². The number of carbonyl (C=O) groups is 1. The lowest BCUT2D eigenvalue weighted by Gasteiger charge is -2.33. The van der Waals surface area contributed by atoms with Gasteiger partial charge in [-0.15, -0.1) is 0 Å². The maximum Gasteiger partial charge on any atom is 0.410 e. The first-order valence-electron chi connectivity index (χ1n) is 8.76. The van der Waals surface area contributed by atoms with Gasteiger partial charge in [0.2, 0.25) is 0 Å². The highest BCUT2D eigenvalue weighted by atomic mass is 16.6. The van der Waals surface area contributed by atoms with Crippen LogP contribution in [0.2, 0.25) is 0 Å². The molecule has 0 spiro atoms. The van der Waals surface area contributed by atoms with Crippen molar-refractivity contribution in [3.8, 4) is 0 Å². The third kappa shape index (κ3) is 8.53. The van der Waals surface area contributed by atoms with Crippen molar-refractivity contribution in [2.45, 2.75) is 64.7 Å². The number of rotatable bonds is 7. The first-order valence-corrected chi connectivity index (χ1v) is 8.76. The molecule has 6 nitrogen and oxygen atoms in total. The molecule has 0 bridgehead atoms. The van der Waals surface area contributed by atoms with E-state index in [0.717, 1.165) is 6.54 Å². The zero-order valence-electron chi connectivity index (χ0n) is 15.5. The topological polar surface area (TPSA) is 65.0 Å². The fraction of sp³-hybridized carbons (Fsp3) is 0.941. The molecule has 1 saturated heterocycles. The average Bonchev–Trinajstić information content (AvgIpc) is 2.41. The minimum atomic E-state index is -0.563. The summed E-state index contributed by atoms with van der Waals surface area (Å²) in [5, 5.41) is 13.0. The van der Waals surface area contributed by atoms with Crippen molar-refractivity contribution in [1.82, 2.24) is 15.1 Å². The second-order valence-corrected chi connectivity index (χ2v) is 7.61. The number of likely N-dealkylation sites (N-methyl/N-ethyl adjacent to an activating group) is 1. The molecule has 0 aliphatic carbocycles. The van der Waals surface area contributed by atoms with E-state index in [9.17, 15) is 9.90 Å². The van der Waals surface area contributed by atoms with Crippen LogP contribution >= 0.6 is 0 Å². The van der Waals surface area contributed by atoms with E-state index < -0.39 is 11.7 Å². The zero-order chi connectivity index (χ0) is 17.5. The van der Waals surface area contributed by atoms with Gasteiger partial charge in [-0.2, -0.15) is 0 Å². The predicted octanol–water partition coefficient (Wildman–Crippen LogP) is 1.68. The van der Waals surface area contributed by atoms with E-state index in [0.29, 0.717) is 25.7 Å². The number of hydrogen-bond donors (Lipinski definition) is 2. The molecule has 1 fully saturated rings. The summed E-state index contributed by atoms with van der Waals surface area (Å²) in [6, 6.07) is 0.579. The normalized spacial score (nSPS) is 21.0. The van der Waals surface area contributed by atoms with Crippen molar-refractivity contribution < 1.29 is 14.6 Å². The monoisotopic (exact) mass is 329 g/mol. The first kappa shape index (κ1) is 20.2. The Labute approximate surface area is 141 Å². The molecule has 2 atom stereocenters. The first-order chi connectivity index (χ1) is 10.7. The van der Waals surface area contributed by atoms with Gasteiger partial charge in [-0.1, -0.05) is 6.42 Å². The molecule has 1 aliphatic rings. The number of hydrogen-bond acceptors (Lipinski definition) is 5. The average molecular weight is 329 g/mol. The van der Waals surface area contributed by atoms with Crippen molar-refractivity contribution in [3.63, 3.8) is 0 Å². The number of aliphatic hydroxyl groups is 1. The van der Waals surface area contributed by atoms with E-state index in [2.05, 4.69) is 17.3 Å². The highest BCUT2D eigenvalue weighted by molar-refractivity contribution is 5.68. The molecule has 136 valence electrons. The van der Waals surface area contributed by atoms with E-state index in [1.807, 2.05) is 20.8 Å². The summed E-state index contributed by atoms with van der Waals surface area (Å²) in [4.78, 5) is 16.2. The molecule has 0 saturated carbocycles. The fourth-order valence-electron chi connectivity index (χ4n) is 2.79. The zero-order valence-corrected chi connectivity index (χ0v) is 15.5. The predicted molar refractivity (Wildman–Crippen MR) is 92.6 cm³/mol. The molecule has 0 radical (unpaired) electrons. The van der Waals surface area contributed by atoms with Gasteiger partial charge >= 0.3 is 6.09 Å². The number of piperidine rings is 1. The van der Waals surface area contributed by atoms with Crippen molar-refractivity contribution >= 4 is 6.09 Å². The largest absolute Gasteiger partial charge is 0.444 e. The SMILES string of the molecule is CC(O)CN(CCNCC1CCCCN1C)C(=O)OC(C)(C)C. The van der Waals surface area contributed by atoms with Crippen LogP contribution in [0.25, 0.3) is 0 Å². The number of aliphatic hydroxyl groups excluding tert-OH is 1. The number of carbonyl (C=O) groups excluding carboxylic acids is 1. The second-order valence-electron chi connectivity index (χ2n) is 7.61. The Balaban J connectivity index is 2.37. The molecule has 2 unspecified atom stereocenters. The lowest BCUT2D eigenvalue weighted by atomic mass is 10.0. The molecule has 0 aromatic carbocycles. The molecule has 1 rings (SSSR count). The van der Waals surface area contributed by atoms with Crippen LogP contribution < -0.4 is 5.32 Å². The number of likely N-dealkylation sites (tertiary alicyclic amines) is 1. The Morgan fingerprint density at radius 3 is 2.70 bits per heavy atom. The Bertz CT molecular complexity index is 355. The quantitative estimate of drug-likeness (QED) is 0.696. The number of nitrogens with one attached hydrogen (secondary N) is 1. The van der Waals surface area contributed by atoms with Gasteiger partial charge in [-0.3, -0.25) is 0 Å². The van der Waals surface area contributed by atoms with Crippen LogP contribution in [-0.2, 0) is 4.74 Å². The van der Waals surface area contributed by atoms with Gasteiger partial charge in [0.25, 0.3) is 0 Å². The fourth-order valence-corrected chi connectivity index (χ4v) is 2.79. The lowest BCUT2D eigenvalue weighted by molar-refractivity contribution is 0.0163. The smallest absolute Gasteiger partial charge is 0.410 e. The number of nitrogens with zero attached hydrogens (tertiary/aromatic N) is 2. The van der Waals surface area contributed by atoms with Gasteiger partial charge in [0.05, 0.1) is 6.10 Å². The molecule has 0 aromatic heterocycles. The summed E-state index contributed by atoms with van der Waals surface area (Å²) < 4.78 is 5.40. The van der Waals surface area contributed by atoms with Crippen LogP contribution in [0.3, 0.4) is 0 Å². The number of ether oxygens (including phenoxy) is 1. The van der Waals surface area contributed by atoms with E-state index in [1.54, 1.807) is 11.8 Å². The number of amides is 1. The third-order valence-corrected chi connectivity index (χ3v) is 4.00. The van der Waals surface area contributed by atoms with E-state index in [-0.39, 0.29) is 6.09 Å². The molecular weight excluding hydrogens is 294 g/mol. The van der Waals surface area contributed by atoms with Crippen LogP contribution in [0.5, 0.6) is 0 Å². The molecule has 23 heavy (non-hydrogen) atoms. The van der Waals surface area contributed by atoms with Crippen molar-refractivity contribution in [3.05, 3.63) is 0 Å². The second kappa shape index (κ2) is 9.45. The molecule has 2 N–H and O–H groups in total. The van der Waals surface area contributed by atoms with Gasteiger partial charge in [-0.05, 0) is 54.1 Å². The standard InChI is InChI=1S/C17H35N3O3/c1-14(21)13-20(16(22)23-17(2,3)4)11-9-18-12-15-8-6-7-10-19(15)5/h14-15,18,21H,6-13H2,1-5H3. The van der Waals surface area contributed by atoms with Gasteiger partial charge in [0.15, 0.2) is 0 Å². The Kier molecular flexibility index (Phi) is 8.29. The van der Waals surface area contributed by atoms with E-state index in [1.165, 1.54) is 25.8 Å². The van der Waals surface area contributed by atoms with Crippen LogP contribution in [-0.4, -0.2) is 78.5 Å². The summed E-state index contributed by atoms with van der Waals surface area (Å²) in [6.45, 7) is 10.9. The Hall–Kier alpha value is -0.850. The Morgan fingerprint density at radius 2 is 2.13 bits per heavy atom. The minimum absolute atomic E-state index is 0.292. The Morgan fingerprint density at radius 1 is 1.43 bits per heavy atom. The van der Waals surface area contributed by atoms with E-state index in [4.69, 9.17) is 4.74 Å². The highest BCUT2D eigenvalue weighted by Gasteiger charge is 2.23.